The molecule has 0 amide bonds. The molecule has 1 saturated heterocycles. The average Bonchev–Trinajstić information content (AvgIpc) is 2.48. The maximum atomic E-state index is 12.4. The van der Waals surface area contributed by atoms with Crippen molar-refractivity contribution < 1.29 is 14.3 Å². The molecule has 1 aliphatic rings. The Labute approximate surface area is 121 Å². The Morgan fingerprint density at radius 3 is 2.53 bits per heavy atom. The highest BCUT2D eigenvalue weighted by Gasteiger charge is 2.43. The molecule has 0 bridgehead atoms. The smallest absolute Gasteiger partial charge is 0.316 e. The van der Waals surface area contributed by atoms with Crippen LogP contribution in [0.4, 0.5) is 5.69 Å². The van der Waals surface area contributed by atoms with Gasteiger partial charge in [-0.2, -0.15) is 0 Å². The fourth-order valence-electron chi connectivity index (χ4n) is 2.45. The Balaban J connectivity index is 2.32. The summed E-state index contributed by atoms with van der Waals surface area (Å²) in [7, 11) is 0. The molecule has 0 radical (unpaired) electrons. The Kier molecular flexibility index (Phi) is 4.82. The van der Waals surface area contributed by atoms with Gasteiger partial charge in [-0.25, -0.2) is 0 Å². The molecule has 0 spiro atoms. The van der Waals surface area contributed by atoms with Crippen LogP contribution in [0.25, 0.3) is 0 Å². The van der Waals surface area contributed by atoms with E-state index >= 15 is 0 Å². The van der Waals surface area contributed by atoms with Crippen LogP contribution >= 0.6 is 16.1 Å². The van der Waals surface area contributed by atoms with Crippen molar-refractivity contribution >= 4 is 27.8 Å². The van der Waals surface area contributed by atoms with Crippen molar-refractivity contribution in [2.45, 2.75) is 25.2 Å². The van der Waals surface area contributed by atoms with Gasteiger partial charge in [0.2, 0.25) is 0 Å². The monoisotopic (exact) mass is 327 g/mol. The van der Waals surface area contributed by atoms with E-state index in [0.717, 1.165) is 11.3 Å². The predicted octanol–water partition coefficient (Wildman–Crippen LogP) is 3.02. The summed E-state index contributed by atoms with van der Waals surface area (Å²) in [5.41, 5.74) is 1.40. The Hall–Kier alpha value is -1.07. The zero-order chi connectivity index (χ0) is 13.7. The SMILES string of the molecule is CCOC(=O)C1(c2ccc(NBr)cc2)CCOCC1. The quantitative estimate of drug-likeness (QED) is 0.682. The third-order valence-electron chi connectivity index (χ3n) is 3.56. The molecular weight excluding hydrogens is 310 g/mol. The lowest BCUT2D eigenvalue weighted by Gasteiger charge is -2.35. The van der Waals surface area contributed by atoms with Gasteiger partial charge in [0.15, 0.2) is 0 Å². The second-order valence-corrected chi connectivity index (χ2v) is 4.98. The molecular formula is C14H18BrNO3. The van der Waals surface area contributed by atoms with E-state index in [1.54, 1.807) is 0 Å². The number of halogens is 1. The van der Waals surface area contributed by atoms with Crippen LogP contribution in [-0.4, -0.2) is 25.8 Å². The van der Waals surface area contributed by atoms with Gasteiger partial charge in [0.05, 0.1) is 12.0 Å². The minimum Gasteiger partial charge on any atom is -0.465 e. The molecule has 1 heterocycles. The summed E-state index contributed by atoms with van der Waals surface area (Å²) in [6.07, 6.45) is 1.35. The van der Waals surface area contributed by atoms with Crippen molar-refractivity contribution in [1.29, 1.82) is 0 Å². The summed E-state index contributed by atoms with van der Waals surface area (Å²) in [6, 6.07) is 7.85. The van der Waals surface area contributed by atoms with Gasteiger partial charge in [0.1, 0.15) is 0 Å². The maximum absolute atomic E-state index is 12.4. The van der Waals surface area contributed by atoms with Crippen LogP contribution in [-0.2, 0) is 19.7 Å². The van der Waals surface area contributed by atoms with Crippen LogP contribution in [0.5, 0.6) is 0 Å². The van der Waals surface area contributed by atoms with Crippen LogP contribution < -0.4 is 4.34 Å². The van der Waals surface area contributed by atoms with Crippen molar-refractivity contribution in [3.8, 4) is 0 Å². The van der Waals surface area contributed by atoms with Gasteiger partial charge in [-0.3, -0.25) is 4.79 Å². The second kappa shape index (κ2) is 6.39. The summed E-state index contributed by atoms with van der Waals surface area (Å²) in [5.74, 6) is -0.141. The molecule has 1 fully saturated rings. The van der Waals surface area contributed by atoms with Crippen molar-refractivity contribution in [1.82, 2.24) is 0 Å². The molecule has 0 saturated carbocycles. The van der Waals surface area contributed by atoms with Crippen molar-refractivity contribution in [2.75, 3.05) is 24.2 Å². The van der Waals surface area contributed by atoms with E-state index in [-0.39, 0.29) is 5.97 Å². The second-order valence-electron chi connectivity index (χ2n) is 4.59. The standard InChI is InChI=1S/C14H18BrNO3/c1-2-19-13(17)14(7-9-18-10-8-14)11-3-5-12(16-15)6-4-11/h3-6,16H,2,7-10H2,1H3. The van der Waals surface area contributed by atoms with Crippen molar-refractivity contribution in [2.24, 2.45) is 0 Å². The number of benzene rings is 1. The largest absolute Gasteiger partial charge is 0.465 e. The van der Waals surface area contributed by atoms with Crippen LogP contribution in [0.15, 0.2) is 24.3 Å². The molecule has 0 aromatic heterocycles. The molecule has 1 aliphatic heterocycles. The number of ether oxygens (including phenoxy) is 2. The molecule has 5 heteroatoms. The minimum absolute atomic E-state index is 0.141. The van der Waals surface area contributed by atoms with Crippen molar-refractivity contribution in [3.63, 3.8) is 0 Å². The lowest BCUT2D eigenvalue weighted by molar-refractivity contribution is -0.154. The van der Waals surface area contributed by atoms with Gasteiger partial charge < -0.3 is 13.8 Å². The van der Waals surface area contributed by atoms with Crippen LogP contribution in [0.2, 0.25) is 0 Å². The molecule has 2 rings (SSSR count). The first kappa shape index (κ1) is 14.3. The van der Waals surface area contributed by atoms with E-state index in [4.69, 9.17) is 9.47 Å². The normalized spacial score (nSPS) is 17.8. The lowest BCUT2D eigenvalue weighted by Crippen LogP contribution is -2.42. The highest BCUT2D eigenvalue weighted by Crippen LogP contribution is 2.36. The zero-order valence-electron chi connectivity index (χ0n) is 10.9. The fraction of sp³-hybridized carbons (Fsp3) is 0.500. The molecule has 4 nitrogen and oxygen atoms in total. The number of hydrogen-bond donors (Lipinski definition) is 1. The van der Waals surface area contributed by atoms with E-state index in [9.17, 15) is 4.79 Å². The van der Waals surface area contributed by atoms with E-state index in [1.807, 2.05) is 31.2 Å². The Bertz CT molecular complexity index is 427. The molecule has 104 valence electrons. The van der Waals surface area contributed by atoms with Crippen LogP contribution in [0.3, 0.4) is 0 Å². The first-order chi connectivity index (χ1) is 9.23. The van der Waals surface area contributed by atoms with Crippen LogP contribution in [0.1, 0.15) is 25.3 Å². The Morgan fingerprint density at radius 1 is 1.37 bits per heavy atom. The number of nitrogens with one attached hydrogen (secondary N) is 1. The topological polar surface area (TPSA) is 47.6 Å². The maximum Gasteiger partial charge on any atom is 0.316 e. The average molecular weight is 328 g/mol. The first-order valence-electron chi connectivity index (χ1n) is 6.45. The molecule has 0 atom stereocenters. The molecule has 1 aromatic carbocycles. The third-order valence-corrected chi connectivity index (χ3v) is 4.02. The number of carbonyl (C=O) groups excluding carboxylic acids is 1. The van der Waals surface area contributed by atoms with Gasteiger partial charge in [0.25, 0.3) is 0 Å². The molecule has 19 heavy (non-hydrogen) atoms. The summed E-state index contributed by atoms with van der Waals surface area (Å²) in [6.45, 7) is 3.43. The molecule has 0 unspecified atom stereocenters. The predicted molar refractivity (Wildman–Crippen MR) is 77.4 cm³/mol. The van der Waals surface area contributed by atoms with Crippen LogP contribution in [0, 0.1) is 0 Å². The van der Waals surface area contributed by atoms with Gasteiger partial charge in [-0.05, 0) is 37.5 Å². The summed E-state index contributed by atoms with van der Waals surface area (Å²) >= 11 is 3.18. The van der Waals surface area contributed by atoms with Gasteiger partial charge in [-0.1, -0.05) is 12.1 Å². The highest BCUT2D eigenvalue weighted by atomic mass is 79.9. The Morgan fingerprint density at radius 2 is 2.00 bits per heavy atom. The van der Waals surface area contributed by atoms with E-state index in [2.05, 4.69) is 20.5 Å². The number of anilines is 1. The molecule has 0 aliphatic carbocycles. The number of rotatable bonds is 4. The highest BCUT2D eigenvalue weighted by molar-refractivity contribution is 9.10. The van der Waals surface area contributed by atoms with Gasteiger partial charge in [-0.15, -0.1) is 0 Å². The summed E-state index contributed by atoms with van der Waals surface area (Å²) in [4.78, 5) is 12.4. The number of carbonyl (C=O) groups is 1. The van der Waals surface area contributed by atoms with Gasteiger partial charge in [0, 0.05) is 35.0 Å². The minimum atomic E-state index is -0.556. The van der Waals surface area contributed by atoms with E-state index in [0.29, 0.717) is 32.7 Å². The van der Waals surface area contributed by atoms with Gasteiger partial charge >= 0.3 is 5.97 Å². The molecule has 1 N–H and O–H groups in total. The van der Waals surface area contributed by atoms with E-state index in [1.165, 1.54) is 0 Å². The fourth-order valence-corrected chi connectivity index (χ4v) is 2.72. The molecule has 1 aromatic rings. The summed E-state index contributed by atoms with van der Waals surface area (Å²) < 4.78 is 13.6. The van der Waals surface area contributed by atoms with E-state index < -0.39 is 5.41 Å². The third kappa shape index (κ3) is 2.92. The van der Waals surface area contributed by atoms with Crippen molar-refractivity contribution in [3.05, 3.63) is 29.8 Å². The number of hydrogen-bond acceptors (Lipinski definition) is 4. The number of esters is 1. The lowest BCUT2D eigenvalue weighted by atomic mass is 9.74. The summed E-state index contributed by atoms with van der Waals surface area (Å²) in [5, 5.41) is 0. The zero-order valence-corrected chi connectivity index (χ0v) is 12.5. The first-order valence-corrected chi connectivity index (χ1v) is 7.24.